The second kappa shape index (κ2) is 7.65. The van der Waals surface area contributed by atoms with Gasteiger partial charge >= 0.3 is 0 Å². The molecule has 0 saturated heterocycles. The van der Waals surface area contributed by atoms with Crippen LogP contribution in [0.5, 0.6) is 0 Å². The van der Waals surface area contributed by atoms with E-state index in [-0.39, 0.29) is 11.2 Å². The van der Waals surface area contributed by atoms with Crippen LogP contribution >= 0.6 is 66.1 Å². The normalized spacial score (nSPS) is 15.2. The number of ketones is 1. The Morgan fingerprint density at radius 1 is 1.54 bits per heavy atom. The van der Waals surface area contributed by atoms with E-state index in [1.54, 1.807) is 0 Å². The van der Waals surface area contributed by atoms with E-state index in [4.69, 9.17) is 11.6 Å². The third kappa shape index (κ3) is 7.33. The molecular formula is C8H10Br2ClIO. The number of carbonyl (C=O) groups is 1. The Balaban J connectivity index is 3.83. The predicted molar refractivity (Wildman–Crippen MR) is 73.1 cm³/mol. The summed E-state index contributed by atoms with van der Waals surface area (Å²) in [4.78, 5) is 11.4. The van der Waals surface area contributed by atoms with Gasteiger partial charge in [0, 0.05) is 11.8 Å². The standard InChI is InChI=1S/C8H10Br2ClIO/c1-5(11)3-2-4-6(13)7(9)8(10)12/h5H,2-4H2,1H3/b8-7+. The van der Waals surface area contributed by atoms with Crippen molar-refractivity contribution in [1.82, 2.24) is 0 Å². The molecule has 76 valence electrons. The maximum Gasteiger partial charge on any atom is 0.171 e. The van der Waals surface area contributed by atoms with Gasteiger partial charge in [0.15, 0.2) is 5.78 Å². The predicted octanol–water partition coefficient (Wildman–Crippen LogP) is 4.75. The number of allylic oxidation sites excluding steroid dienone is 1. The van der Waals surface area contributed by atoms with Crippen LogP contribution in [-0.2, 0) is 4.79 Å². The zero-order valence-electron chi connectivity index (χ0n) is 7.12. The Morgan fingerprint density at radius 3 is 2.46 bits per heavy atom. The lowest BCUT2D eigenvalue weighted by Crippen LogP contribution is -1.99. The molecule has 0 aliphatic heterocycles. The fourth-order valence-electron chi connectivity index (χ4n) is 0.759. The summed E-state index contributed by atoms with van der Waals surface area (Å²) in [6, 6.07) is 0. The van der Waals surface area contributed by atoms with Crippen LogP contribution in [0, 0.1) is 0 Å². The highest BCUT2D eigenvalue weighted by Crippen LogP contribution is 2.26. The van der Waals surface area contributed by atoms with E-state index in [9.17, 15) is 4.79 Å². The van der Waals surface area contributed by atoms with Crippen LogP contribution in [0.25, 0.3) is 0 Å². The lowest BCUT2D eigenvalue weighted by atomic mass is 10.1. The molecule has 0 aromatic rings. The summed E-state index contributed by atoms with van der Waals surface area (Å²) in [5, 5.41) is 0.151. The quantitative estimate of drug-likeness (QED) is 0.340. The number of alkyl halides is 1. The van der Waals surface area contributed by atoms with E-state index in [2.05, 4.69) is 54.5 Å². The minimum absolute atomic E-state index is 0.124. The first-order valence-electron chi connectivity index (χ1n) is 3.83. The monoisotopic (exact) mass is 442 g/mol. The van der Waals surface area contributed by atoms with Gasteiger partial charge in [-0.1, -0.05) is 0 Å². The van der Waals surface area contributed by atoms with E-state index >= 15 is 0 Å². The number of halogens is 4. The molecule has 0 aliphatic rings. The van der Waals surface area contributed by atoms with Crippen molar-refractivity contribution in [2.24, 2.45) is 0 Å². The zero-order valence-corrected chi connectivity index (χ0v) is 13.2. The maximum absolute atomic E-state index is 11.4. The van der Waals surface area contributed by atoms with Crippen molar-refractivity contribution >= 4 is 71.8 Å². The molecule has 0 aromatic heterocycles. The van der Waals surface area contributed by atoms with Gasteiger partial charge < -0.3 is 0 Å². The summed E-state index contributed by atoms with van der Waals surface area (Å²) in [6.45, 7) is 1.94. The molecular weight excluding hydrogens is 434 g/mol. The van der Waals surface area contributed by atoms with Crippen molar-refractivity contribution < 1.29 is 4.79 Å². The highest BCUT2D eigenvalue weighted by Gasteiger charge is 2.09. The van der Waals surface area contributed by atoms with Gasteiger partial charge in [0.25, 0.3) is 0 Å². The first-order valence-corrected chi connectivity index (χ1v) is 6.93. The zero-order chi connectivity index (χ0) is 10.4. The van der Waals surface area contributed by atoms with Crippen molar-refractivity contribution in [3.63, 3.8) is 0 Å². The molecule has 0 amide bonds. The third-order valence-corrected chi connectivity index (χ3v) is 4.68. The van der Waals surface area contributed by atoms with Crippen LogP contribution in [-0.4, -0.2) is 11.2 Å². The number of hydrogen-bond donors (Lipinski definition) is 0. The summed E-state index contributed by atoms with van der Waals surface area (Å²) in [5.41, 5.74) is 0. The molecule has 0 aliphatic carbocycles. The number of rotatable bonds is 5. The summed E-state index contributed by atoms with van der Waals surface area (Å²) in [7, 11) is 0. The molecule has 0 rings (SSSR count). The highest BCUT2D eigenvalue weighted by atomic mass is 127. The molecule has 0 aromatic carbocycles. The van der Waals surface area contributed by atoms with Crippen LogP contribution in [0.2, 0.25) is 0 Å². The van der Waals surface area contributed by atoms with Crippen molar-refractivity contribution in [1.29, 1.82) is 0 Å². The van der Waals surface area contributed by atoms with E-state index < -0.39 is 0 Å². The number of Topliss-reactive ketones (excluding diaryl/α,β-unsaturated/α-hetero) is 1. The van der Waals surface area contributed by atoms with Crippen LogP contribution in [0.3, 0.4) is 0 Å². The second-order valence-corrected chi connectivity index (χ2v) is 7.56. The van der Waals surface area contributed by atoms with E-state index in [1.165, 1.54) is 0 Å². The Morgan fingerprint density at radius 2 is 2.08 bits per heavy atom. The molecule has 0 radical (unpaired) electrons. The van der Waals surface area contributed by atoms with Gasteiger partial charge in [0.1, 0.15) is 0 Å². The van der Waals surface area contributed by atoms with Gasteiger partial charge in [0.05, 0.1) is 6.97 Å². The molecule has 5 heteroatoms. The summed E-state index contributed by atoms with van der Waals surface area (Å²) < 4.78 is 1.43. The van der Waals surface area contributed by atoms with Crippen molar-refractivity contribution in [2.45, 2.75) is 31.6 Å². The van der Waals surface area contributed by atoms with Crippen LogP contribution in [0.15, 0.2) is 6.97 Å². The lowest BCUT2D eigenvalue weighted by molar-refractivity contribution is -0.114. The van der Waals surface area contributed by atoms with Crippen molar-refractivity contribution in [2.75, 3.05) is 0 Å². The van der Waals surface area contributed by atoms with Gasteiger partial charge in [-0.3, -0.25) is 4.79 Å². The van der Waals surface area contributed by atoms with Crippen LogP contribution < -0.4 is 0 Å². The molecule has 1 unspecified atom stereocenters. The summed E-state index contributed by atoms with van der Waals surface area (Å²) in [5.74, 6) is 0.124. The molecule has 0 spiro atoms. The van der Waals surface area contributed by atoms with Gasteiger partial charge in [0.2, 0.25) is 0 Å². The molecule has 1 nitrogen and oxygen atoms in total. The van der Waals surface area contributed by atoms with E-state index in [0.29, 0.717) is 10.9 Å². The number of carbonyl (C=O) groups excluding carboxylic acids is 1. The SMILES string of the molecule is CC(Cl)CCCC(=O)/C(Br)=C(/Br)I. The first-order chi connectivity index (χ1) is 5.95. The average Bonchev–Trinajstić information content (AvgIpc) is 2.02. The molecule has 0 heterocycles. The Bertz CT molecular complexity index is 212. The number of hydrogen-bond acceptors (Lipinski definition) is 1. The smallest absolute Gasteiger partial charge is 0.171 e. The topological polar surface area (TPSA) is 17.1 Å². The first kappa shape index (κ1) is 14.4. The largest absolute Gasteiger partial charge is 0.294 e. The minimum atomic E-state index is 0.124. The van der Waals surface area contributed by atoms with Crippen LogP contribution in [0.1, 0.15) is 26.2 Å². The minimum Gasteiger partial charge on any atom is -0.294 e. The van der Waals surface area contributed by atoms with Crippen molar-refractivity contribution in [3.05, 3.63) is 6.97 Å². The average molecular weight is 444 g/mol. The second-order valence-electron chi connectivity index (χ2n) is 2.67. The van der Waals surface area contributed by atoms with Gasteiger partial charge in [-0.15, -0.1) is 11.6 Å². The van der Waals surface area contributed by atoms with Gasteiger partial charge in [-0.2, -0.15) is 0 Å². The Kier molecular flexibility index (Phi) is 8.47. The van der Waals surface area contributed by atoms with E-state index in [0.717, 1.165) is 15.3 Å². The molecule has 0 fully saturated rings. The van der Waals surface area contributed by atoms with Crippen molar-refractivity contribution in [3.8, 4) is 0 Å². The van der Waals surface area contributed by atoms with E-state index in [1.807, 2.05) is 6.92 Å². The third-order valence-electron chi connectivity index (χ3n) is 1.42. The van der Waals surface area contributed by atoms with Gasteiger partial charge in [-0.05, 0) is 74.2 Å². The molecule has 0 N–H and O–H groups in total. The fourth-order valence-corrected chi connectivity index (χ4v) is 1.63. The van der Waals surface area contributed by atoms with Gasteiger partial charge in [-0.25, -0.2) is 0 Å². The highest BCUT2D eigenvalue weighted by molar-refractivity contribution is 14.1. The fraction of sp³-hybridized carbons (Fsp3) is 0.625. The Labute approximate surface area is 114 Å². The summed E-state index contributed by atoms with van der Waals surface area (Å²) >= 11 is 14.3. The summed E-state index contributed by atoms with van der Waals surface area (Å²) in [6.07, 6.45) is 2.28. The Hall–Kier alpha value is 1.39. The lowest BCUT2D eigenvalue weighted by Gasteiger charge is -2.02. The van der Waals surface area contributed by atoms with Crippen LogP contribution in [0.4, 0.5) is 0 Å². The molecule has 0 bridgehead atoms. The maximum atomic E-state index is 11.4. The molecule has 0 saturated carbocycles. The molecule has 1 atom stereocenters. The molecule has 13 heavy (non-hydrogen) atoms.